The number of aryl methyl sites for hydroxylation is 1. The average Bonchev–Trinajstić information content (AvgIpc) is 3.51. The first-order valence-electron chi connectivity index (χ1n) is 10.5. The van der Waals surface area contributed by atoms with E-state index in [1.165, 1.54) is 16.9 Å². The van der Waals surface area contributed by atoms with Crippen LogP contribution in [0.1, 0.15) is 41.3 Å². The highest BCUT2D eigenvalue weighted by Crippen LogP contribution is 2.49. The predicted octanol–water partition coefficient (Wildman–Crippen LogP) is 6.22. The Morgan fingerprint density at radius 1 is 1.18 bits per heavy atom. The summed E-state index contributed by atoms with van der Waals surface area (Å²) in [6, 6.07) is 13.3. The van der Waals surface area contributed by atoms with E-state index in [1.807, 2.05) is 31.2 Å². The fourth-order valence-electron chi connectivity index (χ4n) is 3.65. The van der Waals surface area contributed by atoms with Crippen molar-refractivity contribution in [1.29, 1.82) is 0 Å². The van der Waals surface area contributed by atoms with Gasteiger partial charge in [0, 0.05) is 5.56 Å². The Labute approximate surface area is 201 Å². The van der Waals surface area contributed by atoms with Crippen molar-refractivity contribution in [2.45, 2.75) is 32.1 Å². The first-order valence-corrected chi connectivity index (χ1v) is 11.7. The number of halogens is 1. The Morgan fingerprint density at radius 3 is 2.48 bits per heavy atom. The summed E-state index contributed by atoms with van der Waals surface area (Å²) >= 11 is 7.37. The lowest BCUT2D eigenvalue weighted by molar-refractivity contribution is -0.118. The van der Waals surface area contributed by atoms with E-state index in [0.29, 0.717) is 21.9 Å². The number of hydrogen-bond acceptors (Lipinski definition) is 4. The van der Waals surface area contributed by atoms with E-state index in [0.717, 1.165) is 28.7 Å². The maximum absolute atomic E-state index is 13.1. The summed E-state index contributed by atoms with van der Waals surface area (Å²) < 4.78 is 0.800. The van der Waals surface area contributed by atoms with Crippen LogP contribution in [0.3, 0.4) is 0 Å². The lowest BCUT2D eigenvalue weighted by Crippen LogP contribution is -2.27. The number of fused-ring (bicyclic) bond motifs is 1. The van der Waals surface area contributed by atoms with Crippen molar-refractivity contribution in [3.63, 3.8) is 0 Å². The zero-order chi connectivity index (χ0) is 23.8. The monoisotopic (exact) mass is 477 g/mol. The molecule has 2 aromatic carbocycles. The summed E-state index contributed by atoms with van der Waals surface area (Å²) in [5, 5.41) is 6.52. The molecule has 0 saturated heterocycles. The third kappa shape index (κ3) is 4.63. The number of aromatic nitrogens is 1. The van der Waals surface area contributed by atoms with Crippen LogP contribution in [0, 0.1) is 6.92 Å². The topological polar surface area (TPSA) is 71.1 Å². The van der Waals surface area contributed by atoms with E-state index >= 15 is 0 Å². The summed E-state index contributed by atoms with van der Waals surface area (Å²) in [4.78, 5) is 30.4. The smallest absolute Gasteiger partial charge is 0.255 e. The van der Waals surface area contributed by atoms with Gasteiger partial charge in [-0.05, 0) is 56.0 Å². The van der Waals surface area contributed by atoms with E-state index in [4.69, 9.17) is 11.6 Å². The molecule has 7 heteroatoms. The molecule has 33 heavy (non-hydrogen) atoms. The van der Waals surface area contributed by atoms with Gasteiger partial charge in [-0.2, -0.15) is 0 Å². The van der Waals surface area contributed by atoms with Gasteiger partial charge >= 0.3 is 0 Å². The minimum absolute atomic E-state index is 0.0429. The molecule has 1 aliphatic carbocycles. The normalized spacial score (nSPS) is 14.9. The molecule has 0 radical (unpaired) electrons. The number of nitrogens with zero attached hydrogens (tertiary/aromatic N) is 1. The predicted molar refractivity (Wildman–Crippen MR) is 136 cm³/mol. The van der Waals surface area contributed by atoms with Crippen molar-refractivity contribution in [2.75, 3.05) is 5.32 Å². The molecular formula is C26H24ClN3O2S. The lowest BCUT2D eigenvalue weighted by Gasteiger charge is -2.14. The molecule has 1 heterocycles. The van der Waals surface area contributed by atoms with Crippen molar-refractivity contribution in [3.8, 4) is 0 Å². The number of rotatable bonds is 7. The molecular weight excluding hydrogens is 454 g/mol. The van der Waals surface area contributed by atoms with Gasteiger partial charge in [-0.1, -0.05) is 72.0 Å². The second-order valence-corrected chi connectivity index (χ2v) is 9.71. The van der Waals surface area contributed by atoms with Gasteiger partial charge in [0.1, 0.15) is 0 Å². The molecule has 0 aliphatic heterocycles. The number of carbonyl (C=O) groups is 2. The number of nitrogens with one attached hydrogen (secondary N) is 2. The van der Waals surface area contributed by atoms with Crippen LogP contribution in [0.4, 0.5) is 5.13 Å². The molecule has 0 unspecified atom stereocenters. The largest absolute Gasteiger partial charge is 0.320 e. The summed E-state index contributed by atoms with van der Waals surface area (Å²) in [7, 11) is 0. The molecule has 2 amide bonds. The second-order valence-electron chi connectivity index (χ2n) is 8.22. The molecule has 4 rings (SSSR count). The molecule has 5 nitrogen and oxygen atoms in total. The SMILES string of the molecule is C=C/C(C)=C(/NC(=O)c1ccc2nc(NC(=O)C3(c4ccc(C)cc4)CC3)sc2c1)C(=C)Cl. The van der Waals surface area contributed by atoms with E-state index in [9.17, 15) is 9.59 Å². The molecule has 0 bridgehead atoms. The van der Waals surface area contributed by atoms with Crippen LogP contribution in [0.2, 0.25) is 0 Å². The van der Waals surface area contributed by atoms with Crippen LogP contribution in [0.5, 0.6) is 0 Å². The number of hydrogen-bond donors (Lipinski definition) is 2. The maximum atomic E-state index is 13.1. The second kappa shape index (κ2) is 8.96. The quantitative estimate of drug-likeness (QED) is 0.397. The number of allylic oxidation sites excluding steroid dienone is 3. The van der Waals surface area contributed by atoms with E-state index < -0.39 is 5.41 Å². The highest BCUT2D eigenvalue weighted by Gasteiger charge is 2.51. The van der Waals surface area contributed by atoms with Gasteiger partial charge in [-0.15, -0.1) is 0 Å². The highest BCUT2D eigenvalue weighted by atomic mass is 35.5. The third-order valence-corrected chi connectivity index (χ3v) is 6.99. The molecule has 168 valence electrons. The van der Waals surface area contributed by atoms with E-state index in [2.05, 4.69) is 28.8 Å². The Bertz CT molecular complexity index is 1320. The highest BCUT2D eigenvalue weighted by molar-refractivity contribution is 7.22. The van der Waals surface area contributed by atoms with Crippen molar-refractivity contribution in [3.05, 3.63) is 94.7 Å². The summed E-state index contributed by atoms with van der Waals surface area (Å²) in [6.45, 7) is 11.2. The van der Waals surface area contributed by atoms with Crippen LogP contribution in [0.25, 0.3) is 10.2 Å². The fraction of sp³-hybridized carbons (Fsp3) is 0.192. The number of carbonyl (C=O) groups excluding carboxylic acids is 2. The van der Waals surface area contributed by atoms with Gasteiger partial charge in [0.15, 0.2) is 5.13 Å². The fourth-order valence-corrected chi connectivity index (χ4v) is 4.75. The molecule has 2 N–H and O–H groups in total. The van der Waals surface area contributed by atoms with Gasteiger partial charge in [-0.3, -0.25) is 9.59 Å². The minimum atomic E-state index is -0.480. The average molecular weight is 478 g/mol. The standard InChI is InChI=1S/C26H24ClN3O2S/c1-5-16(3)22(17(4)27)29-23(31)18-8-11-20-21(14-18)33-25(28-20)30-24(32)26(12-13-26)19-9-6-15(2)7-10-19/h5-11,14H,1,4,12-13H2,2-3H3,(H,29,31)(H,28,30,32)/b22-16+. The minimum Gasteiger partial charge on any atom is -0.320 e. The molecule has 1 saturated carbocycles. The van der Waals surface area contributed by atoms with Crippen LogP contribution < -0.4 is 10.6 Å². The van der Waals surface area contributed by atoms with Crippen molar-refractivity contribution in [1.82, 2.24) is 10.3 Å². The molecule has 1 aromatic heterocycles. The van der Waals surface area contributed by atoms with Crippen LogP contribution >= 0.6 is 22.9 Å². The third-order valence-electron chi connectivity index (χ3n) is 5.87. The van der Waals surface area contributed by atoms with Crippen molar-refractivity contribution >= 4 is 50.1 Å². The summed E-state index contributed by atoms with van der Waals surface area (Å²) in [5.41, 5.74) is 4.03. The number of thiazole rings is 1. The van der Waals surface area contributed by atoms with Gasteiger partial charge in [0.05, 0.1) is 26.4 Å². The van der Waals surface area contributed by atoms with Crippen molar-refractivity contribution in [2.24, 2.45) is 0 Å². The molecule has 3 aromatic rings. The zero-order valence-electron chi connectivity index (χ0n) is 18.5. The number of amides is 2. The van der Waals surface area contributed by atoms with Crippen molar-refractivity contribution < 1.29 is 9.59 Å². The Morgan fingerprint density at radius 2 is 1.88 bits per heavy atom. The van der Waals surface area contributed by atoms with Gasteiger partial charge in [0.2, 0.25) is 5.91 Å². The lowest BCUT2D eigenvalue weighted by atomic mass is 9.94. The molecule has 1 fully saturated rings. The number of anilines is 1. The Hall–Kier alpha value is -3.22. The Balaban J connectivity index is 1.53. The van der Waals surface area contributed by atoms with Crippen LogP contribution in [-0.4, -0.2) is 16.8 Å². The van der Waals surface area contributed by atoms with Crippen LogP contribution in [-0.2, 0) is 10.2 Å². The molecule has 0 spiro atoms. The first-order chi connectivity index (χ1) is 15.7. The zero-order valence-corrected chi connectivity index (χ0v) is 20.1. The molecule has 1 aliphatic rings. The van der Waals surface area contributed by atoms with Gasteiger partial charge in [-0.25, -0.2) is 4.98 Å². The maximum Gasteiger partial charge on any atom is 0.255 e. The number of benzene rings is 2. The molecule has 0 atom stereocenters. The Kier molecular flexibility index (Phi) is 6.23. The van der Waals surface area contributed by atoms with E-state index in [1.54, 1.807) is 31.2 Å². The van der Waals surface area contributed by atoms with Gasteiger partial charge in [0.25, 0.3) is 5.91 Å². The summed E-state index contributed by atoms with van der Waals surface area (Å²) in [6.07, 6.45) is 3.25. The van der Waals surface area contributed by atoms with Crippen LogP contribution in [0.15, 0.2) is 78.0 Å². The van der Waals surface area contributed by atoms with Gasteiger partial charge < -0.3 is 10.6 Å². The summed E-state index contributed by atoms with van der Waals surface area (Å²) in [5.74, 6) is -0.358. The first kappa shape index (κ1) is 23.0. The van der Waals surface area contributed by atoms with E-state index in [-0.39, 0.29) is 16.8 Å².